The Labute approximate surface area is 251 Å². The van der Waals surface area contributed by atoms with Crippen LogP contribution in [0.5, 0.6) is 0 Å². The van der Waals surface area contributed by atoms with Crippen LogP contribution >= 0.6 is 0 Å². The first kappa shape index (κ1) is 31.3. The molecule has 1 aliphatic carbocycles. The predicted molar refractivity (Wildman–Crippen MR) is 168 cm³/mol. The van der Waals surface area contributed by atoms with Crippen molar-refractivity contribution in [3.8, 4) is 0 Å². The summed E-state index contributed by atoms with van der Waals surface area (Å²) in [5, 5.41) is 3.19. The number of nitrogens with zero attached hydrogens (tertiary/aromatic N) is 2. The van der Waals surface area contributed by atoms with E-state index in [0.717, 1.165) is 42.4 Å². The minimum Gasteiger partial charge on any atom is -0.352 e. The average molecular weight is 590 g/mol. The van der Waals surface area contributed by atoms with E-state index in [2.05, 4.69) is 5.32 Å². The molecule has 0 bridgehead atoms. The smallest absolute Gasteiger partial charge is 0.264 e. The number of hydrogen-bond donors (Lipinski definition) is 1. The third kappa shape index (κ3) is 8.00. The highest BCUT2D eigenvalue weighted by molar-refractivity contribution is 7.92. The average Bonchev–Trinajstić information content (AvgIpc) is 2.99. The summed E-state index contributed by atoms with van der Waals surface area (Å²) < 4.78 is 29.1. The van der Waals surface area contributed by atoms with Crippen molar-refractivity contribution in [2.75, 3.05) is 17.4 Å². The van der Waals surface area contributed by atoms with E-state index >= 15 is 0 Å². The molecule has 8 heteroatoms. The normalized spacial score (nSPS) is 14.6. The second kappa shape index (κ2) is 14.5. The molecule has 1 fully saturated rings. The summed E-state index contributed by atoms with van der Waals surface area (Å²) in [6.45, 7) is 5.60. The number of nitrogens with one attached hydrogen (secondary N) is 1. The molecular formula is C34H43N3O4S. The van der Waals surface area contributed by atoms with Gasteiger partial charge in [0, 0.05) is 12.6 Å². The molecule has 0 radical (unpaired) electrons. The summed E-state index contributed by atoms with van der Waals surface area (Å²) in [5.41, 5.74) is 3.36. The van der Waals surface area contributed by atoms with Crippen LogP contribution in [0.2, 0.25) is 0 Å². The molecule has 0 unspecified atom stereocenters. The quantitative estimate of drug-likeness (QED) is 0.289. The topological polar surface area (TPSA) is 86.8 Å². The number of sulfonamides is 1. The van der Waals surface area contributed by atoms with Gasteiger partial charge in [-0.3, -0.25) is 13.9 Å². The molecule has 0 saturated heterocycles. The lowest BCUT2D eigenvalue weighted by Crippen LogP contribution is -2.54. The number of rotatable bonds is 12. The van der Waals surface area contributed by atoms with Crippen molar-refractivity contribution in [1.82, 2.24) is 10.2 Å². The van der Waals surface area contributed by atoms with Gasteiger partial charge in [-0.1, -0.05) is 91.9 Å². The van der Waals surface area contributed by atoms with E-state index in [0.29, 0.717) is 25.1 Å². The molecule has 0 aliphatic heterocycles. The first-order valence-electron chi connectivity index (χ1n) is 15.0. The van der Waals surface area contributed by atoms with E-state index in [1.807, 2.05) is 63.2 Å². The standard InChI is InChI=1S/C34H43N3O4S/c1-4-32(34(39)35-29-13-9-6-10-14-29)36(24-23-28-11-7-5-8-12-28)33(38)25-37(30-19-15-26(2)16-20-30)42(40,41)31-21-17-27(3)18-22-31/h5,7-8,11-12,15-22,29,32H,4,6,9-10,13-14,23-25H2,1-3H3,(H,35,39)/t32-/m0/s1. The Hall–Kier alpha value is -3.65. The lowest BCUT2D eigenvalue weighted by Gasteiger charge is -2.34. The minimum absolute atomic E-state index is 0.109. The predicted octanol–water partition coefficient (Wildman–Crippen LogP) is 5.80. The second-order valence-corrected chi connectivity index (χ2v) is 13.1. The summed E-state index contributed by atoms with van der Waals surface area (Å²) in [7, 11) is -4.07. The third-order valence-electron chi connectivity index (χ3n) is 8.03. The zero-order chi connectivity index (χ0) is 30.1. The van der Waals surface area contributed by atoms with E-state index < -0.39 is 28.5 Å². The van der Waals surface area contributed by atoms with Gasteiger partial charge in [-0.05, 0) is 69.4 Å². The van der Waals surface area contributed by atoms with Crippen molar-refractivity contribution < 1.29 is 18.0 Å². The lowest BCUT2D eigenvalue weighted by molar-refractivity contribution is -0.140. The van der Waals surface area contributed by atoms with Gasteiger partial charge in [0.25, 0.3) is 10.0 Å². The molecule has 224 valence electrons. The summed E-state index contributed by atoms with van der Waals surface area (Å²) in [4.78, 5) is 29.5. The number of benzene rings is 3. The number of hydrogen-bond acceptors (Lipinski definition) is 4. The second-order valence-electron chi connectivity index (χ2n) is 11.3. The highest BCUT2D eigenvalue weighted by Crippen LogP contribution is 2.25. The molecule has 1 atom stereocenters. The molecular weight excluding hydrogens is 546 g/mol. The molecule has 4 rings (SSSR count). The van der Waals surface area contributed by atoms with Crippen LogP contribution in [0.1, 0.15) is 62.1 Å². The van der Waals surface area contributed by atoms with E-state index in [-0.39, 0.29) is 16.8 Å². The fraction of sp³-hybridized carbons (Fsp3) is 0.412. The van der Waals surface area contributed by atoms with Gasteiger partial charge in [0.05, 0.1) is 10.6 Å². The molecule has 0 heterocycles. The Morgan fingerprint density at radius 1 is 0.857 bits per heavy atom. The summed E-state index contributed by atoms with van der Waals surface area (Å²) in [5.74, 6) is -0.582. The molecule has 1 N–H and O–H groups in total. The van der Waals surface area contributed by atoms with Gasteiger partial charge in [-0.2, -0.15) is 0 Å². The van der Waals surface area contributed by atoms with Gasteiger partial charge in [0.1, 0.15) is 12.6 Å². The highest BCUT2D eigenvalue weighted by Gasteiger charge is 2.34. The number of aryl methyl sites for hydroxylation is 2. The summed E-state index contributed by atoms with van der Waals surface area (Å²) in [6, 6.07) is 22.9. The Morgan fingerprint density at radius 3 is 2.05 bits per heavy atom. The molecule has 0 aromatic heterocycles. The van der Waals surface area contributed by atoms with Crippen LogP contribution < -0.4 is 9.62 Å². The van der Waals surface area contributed by atoms with Crippen LogP contribution in [0.25, 0.3) is 0 Å². The van der Waals surface area contributed by atoms with Crippen molar-refractivity contribution in [2.45, 2.75) is 82.7 Å². The van der Waals surface area contributed by atoms with Gasteiger partial charge in [0.15, 0.2) is 0 Å². The number of carbonyl (C=O) groups is 2. The fourth-order valence-corrected chi connectivity index (χ4v) is 6.93. The van der Waals surface area contributed by atoms with Crippen molar-refractivity contribution in [3.63, 3.8) is 0 Å². The van der Waals surface area contributed by atoms with Crippen molar-refractivity contribution >= 4 is 27.5 Å². The summed E-state index contributed by atoms with van der Waals surface area (Å²) >= 11 is 0. The molecule has 42 heavy (non-hydrogen) atoms. The molecule has 3 aromatic rings. The number of amides is 2. The first-order chi connectivity index (χ1) is 20.2. The van der Waals surface area contributed by atoms with Crippen LogP contribution in [0, 0.1) is 13.8 Å². The maximum Gasteiger partial charge on any atom is 0.264 e. The third-order valence-corrected chi connectivity index (χ3v) is 9.82. The van der Waals surface area contributed by atoms with Crippen molar-refractivity contribution in [1.29, 1.82) is 0 Å². The maximum atomic E-state index is 14.2. The first-order valence-corrected chi connectivity index (χ1v) is 16.4. The SMILES string of the molecule is CC[C@@H](C(=O)NC1CCCCC1)N(CCc1ccccc1)C(=O)CN(c1ccc(C)cc1)S(=O)(=O)c1ccc(C)cc1. The number of carbonyl (C=O) groups excluding carboxylic acids is 2. The van der Waals surface area contributed by atoms with E-state index in [4.69, 9.17) is 0 Å². The largest absolute Gasteiger partial charge is 0.352 e. The van der Waals surface area contributed by atoms with E-state index in [1.165, 1.54) is 10.7 Å². The van der Waals surface area contributed by atoms with Crippen molar-refractivity contribution in [2.24, 2.45) is 0 Å². The molecule has 2 amide bonds. The van der Waals surface area contributed by atoms with Gasteiger partial charge in [-0.15, -0.1) is 0 Å². The Bertz CT molecular complexity index is 1420. The molecule has 0 spiro atoms. The lowest BCUT2D eigenvalue weighted by atomic mass is 9.95. The fourth-order valence-electron chi connectivity index (χ4n) is 5.52. The van der Waals surface area contributed by atoms with Crippen LogP contribution in [0.4, 0.5) is 5.69 Å². The van der Waals surface area contributed by atoms with Crippen LogP contribution in [-0.2, 0) is 26.0 Å². The van der Waals surface area contributed by atoms with Crippen LogP contribution in [-0.4, -0.2) is 50.3 Å². The Balaban J connectivity index is 1.66. The monoisotopic (exact) mass is 589 g/mol. The Kier molecular flexibility index (Phi) is 10.8. The molecule has 1 aliphatic rings. The highest BCUT2D eigenvalue weighted by atomic mass is 32.2. The van der Waals surface area contributed by atoms with E-state index in [1.54, 1.807) is 41.3 Å². The molecule has 7 nitrogen and oxygen atoms in total. The number of anilines is 1. The molecule has 1 saturated carbocycles. The minimum atomic E-state index is -4.07. The van der Waals surface area contributed by atoms with Gasteiger partial charge in [0.2, 0.25) is 11.8 Å². The summed E-state index contributed by atoms with van der Waals surface area (Å²) in [6.07, 6.45) is 6.20. The Morgan fingerprint density at radius 2 is 1.45 bits per heavy atom. The van der Waals surface area contributed by atoms with Gasteiger partial charge < -0.3 is 10.2 Å². The van der Waals surface area contributed by atoms with Gasteiger partial charge in [-0.25, -0.2) is 8.42 Å². The van der Waals surface area contributed by atoms with Crippen molar-refractivity contribution in [3.05, 3.63) is 95.6 Å². The van der Waals surface area contributed by atoms with Crippen LogP contribution in [0.15, 0.2) is 83.8 Å². The maximum absolute atomic E-state index is 14.2. The molecule has 3 aromatic carbocycles. The van der Waals surface area contributed by atoms with Gasteiger partial charge >= 0.3 is 0 Å². The zero-order valence-corrected chi connectivity index (χ0v) is 25.8. The van der Waals surface area contributed by atoms with Crippen LogP contribution in [0.3, 0.4) is 0 Å². The zero-order valence-electron chi connectivity index (χ0n) is 25.0. The van der Waals surface area contributed by atoms with E-state index in [9.17, 15) is 18.0 Å².